The summed E-state index contributed by atoms with van der Waals surface area (Å²) >= 11 is 3.38. The molecule has 0 amide bonds. The van der Waals surface area contributed by atoms with E-state index in [2.05, 4.69) is 25.9 Å². The predicted octanol–water partition coefficient (Wildman–Crippen LogP) is 3.12. The maximum atomic E-state index is 12.6. The molecular weight excluding hydrogens is 377 g/mol. The molecule has 3 rings (SSSR count). The van der Waals surface area contributed by atoms with Gasteiger partial charge in [0.2, 0.25) is 0 Å². The van der Waals surface area contributed by atoms with Gasteiger partial charge in [0.05, 0.1) is 9.99 Å². The van der Waals surface area contributed by atoms with E-state index in [0.29, 0.717) is 25.9 Å². The van der Waals surface area contributed by atoms with Gasteiger partial charge in [-0.2, -0.15) is 13.2 Å². The van der Waals surface area contributed by atoms with Crippen molar-refractivity contribution in [3.63, 3.8) is 0 Å². The highest BCUT2D eigenvalue weighted by Crippen LogP contribution is 2.34. The second-order valence-electron chi connectivity index (χ2n) is 4.96. The van der Waals surface area contributed by atoms with Gasteiger partial charge in [-0.3, -0.25) is 14.3 Å². The molecule has 0 N–H and O–H groups in total. The zero-order valence-electron chi connectivity index (χ0n) is 11.8. The molecule has 0 unspecified atom stereocenters. The number of halogens is 4. The summed E-state index contributed by atoms with van der Waals surface area (Å²) in [5.41, 5.74) is 0.657. The number of rotatable bonds is 2. The van der Waals surface area contributed by atoms with E-state index in [1.165, 1.54) is 0 Å². The molecule has 3 heterocycles. The van der Waals surface area contributed by atoms with E-state index in [1.807, 2.05) is 0 Å². The van der Waals surface area contributed by atoms with Crippen molar-refractivity contribution >= 4 is 27.0 Å². The summed E-state index contributed by atoms with van der Waals surface area (Å²) < 4.78 is 40.6. The number of alkyl halides is 3. The third-order valence-electron chi connectivity index (χ3n) is 3.39. The molecule has 0 saturated heterocycles. The minimum Gasteiger partial charge on any atom is -0.322 e. The SMILES string of the molecule is Cn1c(Br)c(-c2cccnc2)c2c(=O)n(CC(F)(F)F)cnc21. The summed E-state index contributed by atoms with van der Waals surface area (Å²) in [6.07, 6.45) is -0.472. The smallest absolute Gasteiger partial charge is 0.322 e. The van der Waals surface area contributed by atoms with Gasteiger partial charge in [0.25, 0.3) is 5.56 Å². The molecule has 0 aliphatic carbocycles. The first-order valence-corrected chi connectivity index (χ1v) is 7.29. The summed E-state index contributed by atoms with van der Waals surface area (Å²) in [4.78, 5) is 20.5. The van der Waals surface area contributed by atoms with Crippen LogP contribution in [0.15, 0.2) is 40.3 Å². The first kappa shape index (κ1) is 15.7. The van der Waals surface area contributed by atoms with Crippen LogP contribution in [0.25, 0.3) is 22.2 Å². The number of hydrogen-bond donors (Lipinski definition) is 0. The van der Waals surface area contributed by atoms with Crippen molar-refractivity contribution in [3.05, 3.63) is 45.8 Å². The molecule has 0 saturated carbocycles. The summed E-state index contributed by atoms with van der Waals surface area (Å²) in [5.74, 6) is 0. The number of nitrogens with zero attached hydrogens (tertiary/aromatic N) is 4. The molecule has 0 aliphatic rings. The first-order chi connectivity index (χ1) is 10.8. The fourth-order valence-corrected chi connectivity index (χ4v) is 2.99. The number of aromatic nitrogens is 4. The molecule has 120 valence electrons. The van der Waals surface area contributed by atoms with Crippen molar-refractivity contribution in [2.24, 2.45) is 7.05 Å². The first-order valence-electron chi connectivity index (χ1n) is 6.50. The van der Waals surface area contributed by atoms with Gasteiger partial charge >= 0.3 is 6.18 Å². The zero-order valence-corrected chi connectivity index (χ0v) is 13.4. The summed E-state index contributed by atoms with van der Waals surface area (Å²) in [6.45, 7) is -1.38. The predicted molar refractivity (Wildman–Crippen MR) is 82.0 cm³/mol. The molecule has 3 aromatic rings. The van der Waals surface area contributed by atoms with Gasteiger partial charge in [0.1, 0.15) is 18.5 Å². The largest absolute Gasteiger partial charge is 0.406 e. The minimum absolute atomic E-state index is 0.124. The highest BCUT2D eigenvalue weighted by molar-refractivity contribution is 9.10. The third kappa shape index (κ3) is 2.76. The molecule has 5 nitrogen and oxygen atoms in total. The van der Waals surface area contributed by atoms with Crippen LogP contribution in [0.2, 0.25) is 0 Å². The van der Waals surface area contributed by atoms with Crippen molar-refractivity contribution in [1.82, 2.24) is 19.1 Å². The zero-order chi connectivity index (χ0) is 16.8. The molecule has 0 spiro atoms. The van der Waals surface area contributed by atoms with E-state index in [1.54, 1.807) is 36.1 Å². The number of fused-ring (bicyclic) bond motifs is 1. The summed E-state index contributed by atoms with van der Waals surface area (Å²) in [7, 11) is 1.67. The number of pyridine rings is 1. The Labute approximate surface area is 136 Å². The van der Waals surface area contributed by atoms with Crippen molar-refractivity contribution in [1.29, 1.82) is 0 Å². The lowest BCUT2D eigenvalue weighted by molar-refractivity contribution is -0.141. The van der Waals surface area contributed by atoms with Gasteiger partial charge in [0, 0.05) is 30.6 Å². The lowest BCUT2D eigenvalue weighted by Gasteiger charge is -2.09. The van der Waals surface area contributed by atoms with Crippen LogP contribution in [-0.4, -0.2) is 25.3 Å². The topological polar surface area (TPSA) is 52.7 Å². The third-order valence-corrected chi connectivity index (χ3v) is 4.31. The van der Waals surface area contributed by atoms with E-state index >= 15 is 0 Å². The summed E-state index contributed by atoms with van der Waals surface area (Å²) in [5, 5.41) is 0.124. The van der Waals surface area contributed by atoms with E-state index in [9.17, 15) is 18.0 Å². The maximum absolute atomic E-state index is 12.6. The van der Waals surface area contributed by atoms with Crippen LogP contribution >= 0.6 is 15.9 Å². The second-order valence-corrected chi connectivity index (χ2v) is 5.71. The van der Waals surface area contributed by atoms with Crippen LogP contribution in [0.3, 0.4) is 0 Å². The summed E-state index contributed by atoms with van der Waals surface area (Å²) in [6, 6.07) is 3.41. The van der Waals surface area contributed by atoms with Crippen molar-refractivity contribution in [2.45, 2.75) is 12.7 Å². The Morgan fingerprint density at radius 3 is 2.70 bits per heavy atom. The Morgan fingerprint density at radius 2 is 2.09 bits per heavy atom. The highest BCUT2D eigenvalue weighted by Gasteiger charge is 2.30. The molecule has 0 fully saturated rings. The quantitative estimate of drug-likeness (QED) is 0.679. The van der Waals surface area contributed by atoms with E-state index in [4.69, 9.17) is 0 Å². The minimum atomic E-state index is -4.50. The van der Waals surface area contributed by atoms with E-state index in [-0.39, 0.29) is 5.39 Å². The molecule has 9 heteroatoms. The van der Waals surface area contributed by atoms with Gasteiger partial charge in [-0.1, -0.05) is 6.07 Å². The van der Waals surface area contributed by atoms with Gasteiger partial charge < -0.3 is 4.57 Å². The molecular formula is C14H10BrF3N4O. The van der Waals surface area contributed by atoms with E-state index in [0.717, 1.165) is 6.33 Å². The van der Waals surface area contributed by atoms with Crippen LogP contribution in [0.4, 0.5) is 13.2 Å². The fourth-order valence-electron chi connectivity index (χ4n) is 2.40. The molecule has 0 radical (unpaired) electrons. The fraction of sp³-hybridized carbons (Fsp3) is 0.214. The van der Waals surface area contributed by atoms with Crippen molar-refractivity contribution in [3.8, 4) is 11.1 Å². The van der Waals surface area contributed by atoms with Crippen LogP contribution in [0.5, 0.6) is 0 Å². The lowest BCUT2D eigenvalue weighted by atomic mass is 10.1. The molecule has 0 aliphatic heterocycles. The van der Waals surface area contributed by atoms with Crippen LogP contribution < -0.4 is 5.56 Å². The molecule has 23 heavy (non-hydrogen) atoms. The van der Waals surface area contributed by atoms with E-state index < -0.39 is 18.3 Å². The number of hydrogen-bond acceptors (Lipinski definition) is 3. The molecule has 0 atom stereocenters. The number of aryl methyl sites for hydroxylation is 1. The van der Waals surface area contributed by atoms with Gasteiger partial charge in [0.15, 0.2) is 0 Å². The van der Waals surface area contributed by atoms with Crippen LogP contribution in [0, 0.1) is 0 Å². The van der Waals surface area contributed by atoms with Gasteiger partial charge in [-0.05, 0) is 22.0 Å². The Hall–Kier alpha value is -2.16. The highest BCUT2D eigenvalue weighted by atomic mass is 79.9. The Kier molecular flexibility index (Phi) is 3.75. The average Bonchev–Trinajstić information content (AvgIpc) is 2.75. The molecule has 0 aromatic carbocycles. The van der Waals surface area contributed by atoms with Crippen molar-refractivity contribution < 1.29 is 13.2 Å². The van der Waals surface area contributed by atoms with Gasteiger partial charge in [-0.15, -0.1) is 0 Å². The Balaban J connectivity index is 2.34. The van der Waals surface area contributed by atoms with Crippen LogP contribution in [0.1, 0.15) is 0 Å². The normalized spacial score (nSPS) is 12.0. The molecule has 0 bridgehead atoms. The standard InChI is InChI=1S/C14H10BrF3N4O/c1-21-11(15)9(8-3-2-4-19-5-8)10-12(21)20-7-22(13(10)23)6-14(16,17)18/h2-5,7H,6H2,1H3. The molecule has 3 aromatic heterocycles. The van der Waals surface area contributed by atoms with Gasteiger partial charge in [-0.25, -0.2) is 4.98 Å². The Bertz CT molecular complexity index is 931. The lowest BCUT2D eigenvalue weighted by Crippen LogP contribution is -2.28. The van der Waals surface area contributed by atoms with Crippen molar-refractivity contribution in [2.75, 3.05) is 0 Å². The maximum Gasteiger partial charge on any atom is 0.406 e. The average molecular weight is 387 g/mol. The van der Waals surface area contributed by atoms with Crippen LogP contribution in [-0.2, 0) is 13.6 Å². The monoisotopic (exact) mass is 386 g/mol. The second kappa shape index (κ2) is 5.48. The Morgan fingerprint density at radius 1 is 1.35 bits per heavy atom.